The van der Waals surface area contributed by atoms with E-state index in [4.69, 9.17) is 21.1 Å². The molecule has 8 nitrogen and oxygen atoms in total. The van der Waals surface area contributed by atoms with Gasteiger partial charge in [-0.05, 0) is 62.2 Å². The van der Waals surface area contributed by atoms with Gasteiger partial charge >= 0.3 is 5.97 Å². The van der Waals surface area contributed by atoms with Crippen LogP contribution in [0.25, 0.3) is 0 Å². The number of carbonyl (C=O) groups is 2. The van der Waals surface area contributed by atoms with Crippen molar-refractivity contribution in [3.05, 3.63) is 52.5 Å². The largest absolute Gasteiger partial charge is 0.495 e. The lowest BCUT2D eigenvalue weighted by Crippen LogP contribution is -2.35. The van der Waals surface area contributed by atoms with Gasteiger partial charge in [0.15, 0.2) is 6.10 Å². The minimum Gasteiger partial charge on any atom is -0.495 e. The summed E-state index contributed by atoms with van der Waals surface area (Å²) in [5.41, 5.74) is 2.07. The predicted molar refractivity (Wildman–Crippen MR) is 113 cm³/mol. The summed E-state index contributed by atoms with van der Waals surface area (Å²) in [5, 5.41) is 2.94. The molecule has 30 heavy (non-hydrogen) atoms. The van der Waals surface area contributed by atoms with Crippen LogP contribution in [0.2, 0.25) is 5.02 Å². The predicted octanol–water partition coefficient (Wildman–Crippen LogP) is 2.81. The van der Waals surface area contributed by atoms with Crippen molar-refractivity contribution in [1.29, 1.82) is 0 Å². The van der Waals surface area contributed by atoms with Crippen LogP contribution in [0.15, 0.2) is 41.3 Å². The standard InChI is InChI=1S/C20H23ClN2O6S/c1-12-5-7-16(9-13(12)2)30(26,27)22-11-19(24)29-14(3)20(25)23-17-10-15(21)6-8-18(17)28-4/h5-10,14,22H,11H2,1-4H3,(H,23,25). The molecular weight excluding hydrogens is 432 g/mol. The number of nitrogens with one attached hydrogen (secondary N) is 2. The second kappa shape index (κ2) is 9.92. The average molecular weight is 455 g/mol. The molecule has 0 saturated carbocycles. The zero-order chi connectivity index (χ0) is 22.5. The maximum Gasteiger partial charge on any atom is 0.321 e. The third-order valence-corrected chi connectivity index (χ3v) is 5.93. The molecule has 2 aromatic rings. The molecule has 1 atom stereocenters. The fourth-order valence-electron chi connectivity index (χ4n) is 2.42. The Hall–Kier alpha value is -2.62. The smallest absolute Gasteiger partial charge is 0.321 e. The topological polar surface area (TPSA) is 111 Å². The van der Waals surface area contributed by atoms with Gasteiger partial charge in [-0.3, -0.25) is 9.59 Å². The number of aryl methyl sites for hydroxylation is 2. The molecule has 2 N–H and O–H groups in total. The summed E-state index contributed by atoms with van der Waals surface area (Å²) in [6.07, 6.45) is -1.17. The molecule has 2 rings (SSSR count). The summed E-state index contributed by atoms with van der Waals surface area (Å²) in [7, 11) is -2.46. The summed E-state index contributed by atoms with van der Waals surface area (Å²) < 4.78 is 37.0. The Morgan fingerprint density at radius 2 is 1.80 bits per heavy atom. The van der Waals surface area contributed by atoms with Gasteiger partial charge in [0.25, 0.3) is 5.91 Å². The third kappa shape index (κ3) is 6.19. The van der Waals surface area contributed by atoms with E-state index in [1.807, 2.05) is 6.92 Å². The van der Waals surface area contributed by atoms with Gasteiger partial charge in [0, 0.05) is 5.02 Å². The number of sulfonamides is 1. The molecule has 2 aromatic carbocycles. The van der Waals surface area contributed by atoms with E-state index in [1.54, 1.807) is 25.1 Å². The Bertz CT molecular complexity index is 1060. The highest BCUT2D eigenvalue weighted by atomic mass is 35.5. The monoisotopic (exact) mass is 454 g/mol. The lowest BCUT2D eigenvalue weighted by Gasteiger charge is -2.15. The minimum atomic E-state index is -3.90. The van der Waals surface area contributed by atoms with Gasteiger partial charge in [0.05, 0.1) is 17.7 Å². The number of hydrogen-bond donors (Lipinski definition) is 2. The summed E-state index contributed by atoms with van der Waals surface area (Å²) in [5.74, 6) is -1.14. The second-order valence-electron chi connectivity index (χ2n) is 6.54. The van der Waals surface area contributed by atoms with Crippen molar-refractivity contribution < 1.29 is 27.5 Å². The Balaban J connectivity index is 1.94. The quantitative estimate of drug-likeness (QED) is 0.593. The SMILES string of the molecule is COc1ccc(Cl)cc1NC(=O)C(C)OC(=O)CNS(=O)(=O)c1ccc(C)c(C)c1. The Morgan fingerprint density at radius 3 is 2.43 bits per heavy atom. The third-order valence-electron chi connectivity index (χ3n) is 4.29. The van der Waals surface area contributed by atoms with Crippen molar-refractivity contribution in [2.24, 2.45) is 0 Å². The van der Waals surface area contributed by atoms with Crippen LogP contribution < -0.4 is 14.8 Å². The number of ether oxygens (including phenoxy) is 2. The summed E-state index contributed by atoms with van der Waals surface area (Å²) >= 11 is 5.92. The van der Waals surface area contributed by atoms with Crippen LogP contribution in [-0.2, 0) is 24.3 Å². The maximum absolute atomic E-state index is 12.3. The summed E-state index contributed by atoms with van der Waals surface area (Å²) in [6.45, 7) is 4.40. The minimum absolute atomic E-state index is 0.0391. The highest BCUT2D eigenvalue weighted by molar-refractivity contribution is 7.89. The van der Waals surface area contributed by atoms with Crippen molar-refractivity contribution in [2.45, 2.75) is 31.8 Å². The van der Waals surface area contributed by atoms with Gasteiger partial charge < -0.3 is 14.8 Å². The number of carbonyl (C=O) groups excluding carboxylic acids is 2. The molecule has 0 aliphatic heterocycles. The van der Waals surface area contributed by atoms with Crippen LogP contribution in [0, 0.1) is 13.8 Å². The zero-order valence-corrected chi connectivity index (χ0v) is 18.6. The fraction of sp³-hybridized carbons (Fsp3) is 0.300. The van der Waals surface area contributed by atoms with Crippen LogP contribution in [0.1, 0.15) is 18.1 Å². The van der Waals surface area contributed by atoms with Gasteiger partial charge in [0.2, 0.25) is 10.0 Å². The van der Waals surface area contributed by atoms with Crippen LogP contribution in [0.4, 0.5) is 5.69 Å². The highest BCUT2D eigenvalue weighted by Crippen LogP contribution is 2.27. The van der Waals surface area contributed by atoms with E-state index < -0.39 is 34.5 Å². The lowest BCUT2D eigenvalue weighted by molar-refractivity contribution is -0.151. The molecule has 162 valence electrons. The summed E-state index contributed by atoms with van der Waals surface area (Å²) in [4.78, 5) is 24.3. The molecule has 0 aliphatic carbocycles. The number of anilines is 1. The molecule has 0 heterocycles. The molecule has 10 heteroatoms. The maximum atomic E-state index is 12.3. The Morgan fingerprint density at radius 1 is 1.10 bits per heavy atom. The van der Waals surface area contributed by atoms with Crippen LogP contribution in [0.5, 0.6) is 5.75 Å². The summed E-state index contributed by atoms with van der Waals surface area (Å²) in [6, 6.07) is 9.31. The van der Waals surface area contributed by atoms with E-state index in [-0.39, 0.29) is 4.90 Å². The number of halogens is 1. The molecule has 0 bridgehead atoms. The number of benzene rings is 2. The van der Waals surface area contributed by atoms with E-state index >= 15 is 0 Å². The highest BCUT2D eigenvalue weighted by Gasteiger charge is 2.22. The Kier molecular flexibility index (Phi) is 7.83. The van der Waals surface area contributed by atoms with E-state index in [0.29, 0.717) is 16.5 Å². The molecule has 0 saturated heterocycles. The van der Waals surface area contributed by atoms with Crippen molar-refractivity contribution in [3.63, 3.8) is 0 Å². The number of esters is 1. The van der Waals surface area contributed by atoms with Gasteiger partial charge in [-0.2, -0.15) is 4.72 Å². The van der Waals surface area contributed by atoms with Gasteiger partial charge in [-0.1, -0.05) is 17.7 Å². The van der Waals surface area contributed by atoms with Crippen molar-refractivity contribution >= 4 is 39.2 Å². The normalized spacial score (nSPS) is 12.2. The first-order chi connectivity index (χ1) is 14.0. The van der Waals surface area contributed by atoms with Crippen molar-refractivity contribution in [3.8, 4) is 5.75 Å². The first-order valence-electron chi connectivity index (χ1n) is 8.94. The molecule has 0 spiro atoms. The number of hydrogen-bond acceptors (Lipinski definition) is 6. The first-order valence-corrected chi connectivity index (χ1v) is 10.8. The average Bonchev–Trinajstić information content (AvgIpc) is 2.68. The number of amides is 1. The molecule has 0 aromatic heterocycles. The Labute approximate surface area is 180 Å². The zero-order valence-electron chi connectivity index (χ0n) is 17.0. The van der Waals surface area contributed by atoms with Crippen molar-refractivity contribution in [2.75, 3.05) is 19.0 Å². The van der Waals surface area contributed by atoms with E-state index in [0.717, 1.165) is 11.1 Å². The lowest BCUT2D eigenvalue weighted by atomic mass is 10.1. The molecular formula is C20H23ClN2O6S. The van der Waals surface area contributed by atoms with E-state index in [9.17, 15) is 18.0 Å². The second-order valence-corrected chi connectivity index (χ2v) is 8.74. The van der Waals surface area contributed by atoms with E-state index in [1.165, 1.54) is 32.2 Å². The number of rotatable bonds is 8. The number of methoxy groups -OCH3 is 1. The van der Waals surface area contributed by atoms with Gasteiger partial charge in [-0.25, -0.2) is 8.42 Å². The molecule has 1 amide bonds. The molecule has 0 aliphatic rings. The van der Waals surface area contributed by atoms with Crippen LogP contribution in [-0.4, -0.2) is 40.1 Å². The van der Waals surface area contributed by atoms with Gasteiger partial charge in [-0.15, -0.1) is 0 Å². The van der Waals surface area contributed by atoms with Crippen LogP contribution in [0.3, 0.4) is 0 Å². The molecule has 1 unspecified atom stereocenters. The van der Waals surface area contributed by atoms with Gasteiger partial charge in [0.1, 0.15) is 12.3 Å². The molecule has 0 fully saturated rings. The van der Waals surface area contributed by atoms with Crippen molar-refractivity contribution in [1.82, 2.24) is 4.72 Å². The molecule has 0 radical (unpaired) electrons. The fourth-order valence-corrected chi connectivity index (χ4v) is 3.65. The van der Waals surface area contributed by atoms with Crippen LogP contribution >= 0.6 is 11.6 Å². The van der Waals surface area contributed by atoms with E-state index in [2.05, 4.69) is 10.0 Å². The first kappa shape index (κ1) is 23.7.